The van der Waals surface area contributed by atoms with Crippen LogP contribution in [-0.2, 0) is 4.79 Å². The molecule has 1 aliphatic carbocycles. The highest BCUT2D eigenvalue weighted by Gasteiger charge is 2.43. The van der Waals surface area contributed by atoms with Crippen molar-refractivity contribution >= 4 is 28.1 Å². The Kier molecular flexibility index (Phi) is 4.15. The monoisotopic (exact) mass is 342 g/mol. The minimum atomic E-state index is -0.00258. The molecule has 1 fully saturated rings. The number of hydrogen-bond donors (Lipinski definition) is 1. The first-order valence-electron chi connectivity index (χ1n) is 6.87. The second kappa shape index (κ2) is 6.22. The summed E-state index contributed by atoms with van der Waals surface area (Å²) in [6.45, 7) is 0. The van der Waals surface area contributed by atoms with Gasteiger partial charge in [-0.05, 0) is 35.6 Å². The van der Waals surface area contributed by atoms with Gasteiger partial charge in [-0.25, -0.2) is 5.43 Å². The van der Waals surface area contributed by atoms with Crippen molar-refractivity contribution in [2.75, 3.05) is 0 Å². The Labute approximate surface area is 132 Å². The molecule has 1 N–H and O–H groups in total. The van der Waals surface area contributed by atoms with Crippen LogP contribution < -0.4 is 5.43 Å². The first kappa shape index (κ1) is 14.0. The molecular weight excluding hydrogens is 328 g/mol. The predicted octanol–water partition coefficient (Wildman–Crippen LogP) is 3.70. The van der Waals surface area contributed by atoms with Crippen LogP contribution in [0.2, 0.25) is 0 Å². The molecule has 0 aromatic heterocycles. The van der Waals surface area contributed by atoms with E-state index in [1.807, 2.05) is 42.5 Å². The number of amides is 1. The minimum Gasteiger partial charge on any atom is -0.273 e. The Hall–Kier alpha value is -1.94. The van der Waals surface area contributed by atoms with Gasteiger partial charge in [0.2, 0.25) is 5.91 Å². The predicted molar refractivity (Wildman–Crippen MR) is 87.2 cm³/mol. The Morgan fingerprint density at radius 1 is 1.14 bits per heavy atom. The van der Waals surface area contributed by atoms with Crippen LogP contribution in [0.25, 0.3) is 0 Å². The highest BCUT2D eigenvalue weighted by molar-refractivity contribution is 9.10. The van der Waals surface area contributed by atoms with Gasteiger partial charge in [-0.15, -0.1) is 0 Å². The third kappa shape index (κ3) is 3.58. The number of hydrazone groups is 1. The number of benzene rings is 2. The molecule has 1 saturated carbocycles. The number of halogens is 1. The van der Waals surface area contributed by atoms with Crippen LogP contribution >= 0.6 is 15.9 Å². The van der Waals surface area contributed by atoms with E-state index in [0.29, 0.717) is 5.92 Å². The Morgan fingerprint density at radius 2 is 1.86 bits per heavy atom. The number of nitrogens with one attached hydrogen (secondary N) is 1. The van der Waals surface area contributed by atoms with Crippen molar-refractivity contribution in [3.63, 3.8) is 0 Å². The standard InChI is InChI=1S/C17H15BrN2O/c18-14-8-6-12(7-9-14)11-19-20-17(21)16-10-15(16)13-4-2-1-3-5-13/h1-9,11,15-16H,10H2,(H,20,21)/b19-11-/t15-,16-/m1/s1. The molecule has 0 bridgehead atoms. The molecule has 0 unspecified atom stereocenters. The van der Waals surface area contributed by atoms with E-state index in [4.69, 9.17) is 0 Å². The fourth-order valence-corrected chi connectivity index (χ4v) is 2.62. The van der Waals surface area contributed by atoms with Gasteiger partial charge in [0.15, 0.2) is 0 Å². The van der Waals surface area contributed by atoms with Crippen molar-refractivity contribution in [3.8, 4) is 0 Å². The lowest BCUT2D eigenvalue weighted by atomic mass is 10.1. The molecule has 0 spiro atoms. The van der Waals surface area contributed by atoms with E-state index in [-0.39, 0.29) is 11.8 Å². The Morgan fingerprint density at radius 3 is 2.57 bits per heavy atom. The lowest BCUT2D eigenvalue weighted by molar-refractivity contribution is -0.122. The van der Waals surface area contributed by atoms with Gasteiger partial charge in [0.1, 0.15) is 0 Å². The van der Waals surface area contributed by atoms with Crippen LogP contribution in [0.4, 0.5) is 0 Å². The van der Waals surface area contributed by atoms with Gasteiger partial charge >= 0.3 is 0 Å². The molecule has 21 heavy (non-hydrogen) atoms. The molecule has 0 saturated heterocycles. The largest absolute Gasteiger partial charge is 0.273 e. The van der Waals surface area contributed by atoms with Crippen molar-refractivity contribution in [2.45, 2.75) is 12.3 Å². The molecule has 4 heteroatoms. The summed E-state index contributed by atoms with van der Waals surface area (Å²) >= 11 is 3.38. The first-order chi connectivity index (χ1) is 10.2. The summed E-state index contributed by atoms with van der Waals surface area (Å²) in [5.74, 6) is 0.390. The fraction of sp³-hybridized carbons (Fsp3) is 0.176. The Bertz CT molecular complexity index is 652. The summed E-state index contributed by atoms with van der Waals surface area (Å²) in [6.07, 6.45) is 2.56. The summed E-state index contributed by atoms with van der Waals surface area (Å²) in [5.41, 5.74) is 4.81. The maximum atomic E-state index is 12.0. The van der Waals surface area contributed by atoms with Gasteiger partial charge in [0.05, 0.1) is 6.21 Å². The van der Waals surface area contributed by atoms with Crippen LogP contribution in [0.3, 0.4) is 0 Å². The molecule has 0 aliphatic heterocycles. The third-order valence-electron chi connectivity index (χ3n) is 3.61. The molecule has 0 radical (unpaired) electrons. The molecule has 2 aromatic carbocycles. The topological polar surface area (TPSA) is 41.5 Å². The second-order valence-electron chi connectivity index (χ2n) is 5.15. The van der Waals surface area contributed by atoms with Crippen LogP contribution in [0.15, 0.2) is 64.2 Å². The minimum absolute atomic E-state index is 0.00258. The quantitative estimate of drug-likeness (QED) is 0.667. The zero-order chi connectivity index (χ0) is 14.7. The molecule has 106 valence electrons. The lowest BCUT2D eigenvalue weighted by Crippen LogP contribution is -2.20. The second-order valence-corrected chi connectivity index (χ2v) is 6.06. The third-order valence-corrected chi connectivity index (χ3v) is 4.14. The van der Waals surface area contributed by atoms with Crippen LogP contribution in [0.1, 0.15) is 23.5 Å². The Balaban J connectivity index is 1.53. The van der Waals surface area contributed by atoms with Crippen molar-refractivity contribution in [1.29, 1.82) is 0 Å². The molecule has 3 nitrogen and oxygen atoms in total. The SMILES string of the molecule is O=C(N/N=C\c1ccc(Br)cc1)[C@@H]1C[C@@H]1c1ccccc1. The van der Waals surface area contributed by atoms with E-state index < -0.39 is 0 Å². The molecular formula is C17H15BrN2O. The van der Waals surface area contributed by atoms with E-state index in [2.05, 4.69) is 38.6 Å². The molecule has 0 heterocycles. The summed E-state index contributed by atoms with van der Waals surface area (Å²) in [5, 5.41) is 4.02. The van der Waals surface area contributed by atoms with Gasteiger partial charge in [-0.2, -0.15) is 5.10 Å². The molecule has 2 atom stereocenters. The normalized spacial score (nSPS) is 20.4. The van der Waals surface area contributed by atoms with Crippen molar-refractivity contribution in [2.24, 2.45) is 11.0 Å². The van der Waals surface area contributed by atoms with Crippen LogP contribution in [-0.4, -0.2) is 12.1 Å². The molecule has 1 aliphatic rings. The number of carbonyl (C=O) groups is 1. The fourth-order valence-electron chi connectivity index (χ4n) is 2.36. The van der Waals surface area contributed by atoms with Crippen molar-refractivity contribution in [1.82, 2.24) is 5.43 Å². The summed E-state index contributed by atoms with van der Waals surface area (Å²) in [7, 11) is 0. The highest BCUT2D eigenvalue weighted by atomic mass is 79.9. The van der Waals surface area contributed by atoms with Crippen LogP contribution in [0, 0.1) is 5.92 Å². The average Bonchev–Trinajstić information content (AvgIpc) is 3.31. The van der Waals surface area contributed by atoms with E-state index in [9.17, 15) is 4.79 Å². The summed E-state index contributed by atoms with van der Waals surface area (Å²) in [4.78, 5) is 12.0. The van der Waals surface area contributed by atoms with E-state index >= 15 is 0 Å². The number of rotatable bonds is 4. The molecule has 3 rings (SSSR count). The lowest BCUT2D eigenvalue weighted by Gasteiger charge is -2.00. The smallest absolute Gasteiger partial charge is 0.243 e. The van der Waals surface area contributed by atoms with Gasteiger partial charge in [-0.1, -0.05) is 58.4 Å². The van der Waals surface area contributed by atoms with E-state index in [1.54, 1.807) is 6.21 Å². The average molecular weight is 343 g/mol. The number of hydrogen-bond acceptors (Lipinski definition) is 2. The maximum absolute atomic E-state index is 12.0. The summed E-state index contributed by atoms with van der Waals surface area (Å²) < 4.78 is 1.02. The maximum Gasteiger partial charge on any atom is 0.243 e. The van der Waals surface area contributed by atoms with Gasteiger partial charge in [-0.3, -0.25) is 4.79 Å². The zero-order valence-electron chi connectivity index (χ0n) is 11.4. The molecule has 1 amide bonds. The van der Waals surface area contributed by atoms with E-state index in [1.165, 1.54) is 5.56 Å². The van der Waals surface area contributed by atoms with Crippen molar-refractivity contribution < 1.29 is 4.79 Å². The van der Waals surface area contributed by atoms with E-state index in [0.717, 1.165) is 16.5 Å². The van der Waals surface area contributed by atoms with Crippen molar-refractivity contribution in [3.05, 3.63) is 70.2 Å². The molecule has 2 aromatic rings. The van der Waals surface area contributed by atoms with Gasteiger partial charge < -0.3 is 0 Å². The number of nitrogens with zero attached hydrogens (tertiary/aromatic N) is 1. The van der Waals surface area contributed by atoms with Gasteiger partial charge in [0, 0.05) is 10.4 Å². The highest BCUT2D eigenvalue weighted by Crippen LogP contribution is 2.47. The van der Waals surface area contributed by atoms with Gasteiger partial charge in [0.25, 0.3) is 0 Å². The summed E-state index contributed by atoms with van der Waals surface area (Å²) in [6, 6.07) is 17.9. The number of carbonyl (C=O) groups excluding carboxylic acids is 1. The van der Waals surface area contributed by atoms with Crippen LogP contribution in [0.5, 0.6) is 0 Å². The first-order valence-corrected chi connectivity index (χ1v) is 7.67. The zero-order valence-corrected chi connectivity index (χ0v) is 13.0.